The molecule has 0 saturated heterocycles. The largest absolute Gasteiger partial charge is 0.228 e. The van der Waals surface area contributed by atoms with E-state index in [-0.39, 0.29) is 6.42 Å². The van der Waals surface area contributed by atoms with E-state index in [0.29, 0.717) is 12.7 Å². The normalized spacial score (nSPS) is 9.18. The molecule has 0 heterocycles. The van der Waals surface area contributed by atoms with E-state index in [1.165, 1.54) is 0 Å². The number of nitriles is 3. The van der Waals surface area contributed by atoms with Crippen molar-refractivity contribution in [1.82, 2.24) is 0 Å². The monoisotopic (exact) mass is 143 g/mol. The highest BCUT2D eigenvalue weighted by molar-refractivity contribution is 6.08. The van der Waals surface area contributed by atoms with E-state index in [0.717, 1.165) is 0 Å². The van der Waals surface area contributed by atoms with E-state index in [1.54, 1.807) is 18.2 Å². The first kappa shape index (κ1) is 9.53. The van der Waals surface area contributed by atoms with Crippen molar-refractivity contribution in [3.63, 3.8) is 0 Å². The topological polar surface area (TPSA) is 71.4 Å². The van der Waals surface area contributed by atoms with Gasteiger partial charge in [-0.1, -0.05) is 12.7 Å². The summed E-state index contributed by atoms with van der Waals surface area (Å²) >= 11 is 0. The lowest BCUT2D eigenvalue weighted by Crippen LogP contribution is -2.12. The molecule has 4 heteroatoms. The Balaban J connectivity index is 4.28. The fourth-order valence-corrected chi connectivity index (χ4v) is 0.610. The molecule has 0 atom stereocenters. The van der Waals surface area contributed by atoms with Crippen molar-refractivity contribution in [3.05, 3.63) is 0 Å². The standard InChI is InChI=1S/C7H6BN3/c8-3-1-2-7(4-9,5-10)6-11/h1-3H2. The third-order valence-corrected chi connectivity index (χ3v) is 1.33. The zero-order valence-corrected chi connectivity index (χ0v) is 6.04. The maximum atomic E-state index is 8.47. The van der Waals surface area contributed by atoms with Gasteiger partial charge in [-0.25, -0.2) is 0 Å². The molecule has 0 rings (SSSR count). The minimum absolute atomic E-state index is 0.229. The lowest BCUT2D eigenvalue weighted by molar-refractivity contribution is 0.594. The first-order valence-electron chi connectivity index (χ1n) is 3.18. The third kappa shape index (κ3) is 2.32. The van der Waals surface area contributed by atoms with E-state index >= 15 is 0 Å². The van der Waals surface area contributed by atoms with Crippen LogP contribution >= 0.6 is 0 Å². The molecule has 11 heavy (non-hydrogen) atoms. The fraction of sp³-hybridized carbons (Fsp3) is 0.571. The van der Waals surface area contributed by atoms with Crippen LogP contribution in [-0.2, 0) is 0 Å². The first-order valence-corrected chi connectivity index (χ1v) is 3.18. The summed E-state index contributed by atoms with van der Waals surface area (Å²) in [6, 6.07) is 5.02. The van der Waals surface area contributed by atoms with Gasteiger partial charge in [0.05, 0.1) is 7.85 Å². The highest BCUT2D eigenvalue weighted by atomic mass is 14.4. The SMILES string of the molecule is [B]CCCC(C#N)(C#N)C#N. The molecule has 0 unspecified atom stereocenters. The van der Waals surface area contributed by atoms with Crippen molar-refractivity contribution in [3.8, 4) is 18.2 Å². The third-order valence-electron chi connectivity index (χ3n) is 1.33. The predicted molar refractivity (Wildman–Crippen MR) is 39.1 cm³/mol. The molecule has 0 amide bonds. The van der Waals surface area contributed by atoms with Gasteiger partial charge in [0.2, 0.25) is 5.41 Å². The molecule has 0 saturated carbocycles. The molecule has 52 valence electrons. The Morgan fingerprint density at radius 3 is 1.82 bits per heavy atom. The van der Waals surface area contributed by atoms with Crippen LogP contribution in [0.5, 0.6) is 0 Å². The van der Waals surface area contributed by atoms with Gasteiger partial charge < -0.3 is 0 Å². The van der Waals surface area contributed by atoms with Crippen molar-refractivity contribution in [2.24, 2.45) is 5.41 Å². The lowest BCUT2D eigenvalue weighted by Gasteiger charge is -2.06. The van der Waals surface area contributed by atoms with E-state index < -0.39 is 5.41 Å². The van der Waals surface area contributed by atoms with Gasteiger partial charge in [0, 0.05) is 0 Å². The zero-order valence-electron chi connectivity index (χ0n) is 6.04. The van der Waals surface area contributed by atoms with Crippen LogP contribution in [-0.4, -0.2) is 7.85 Å². The van der Waals surface area contributed by atoms with Crippen molar-refractivity contribution < 1.29 is 0 Å². The van der Waals surface area contributed by atoms with Crippen LogP contribution in [0.2, 0.25) is 6.32 Å². The Hall–Kier alpha value is -1.47. The Morgan fingerprint density at radius 1 is 1.09 bits per heavy atom. The summed E-state index contributed by atoms with van der Waals surface area (Å²) in [6.07, 6.45) is 1.15. The summed E-state index contributed by atoms with van der Waals surface area (Å²) in [5, 5.41) is 25.4. The van der Waals surface area contributed by atoms with Crippen LogP contribution in [0.25, 0.3) is 0 Å². The van der Waals surface area contributed by atoms with E-state index in [2.05, 4.69) is 0 Å². The quantitative estimate of drug-likeness (QED) is 0.551. The smallest absolute Gasteiger partial charge is 0.195 e. The van der Waals surface area contributed by atoms with Gasteiger partial charge in [0.15, 0.2) is 0 Å². The minimum Gasteiger partial charge on any atom is -0.195 e. The maximum absolute atomic E-state index is 8.47. The average molecular weight is 143 g/mol. The van der Waals surface area contributed by atoms with Gasteiger partial charge in [-0.05, 0) is 6.42 Å². The molecule has 0 fully saturated rings. The summed E-state index contributed by atoms with van der Waals surface area (Å²) in [5.74, 6) is 0. The van der Waals surface area contributed by atoms with Gasteiger partial charge in [-0.3, -0.25) is 0 Å². The number of nitrogens with zero attached hydrogens (tertiary/aromatic N) is 3. The van der Waals surface area contributed by atoms with Crippen molar-refractivity contribution in [2.45, 2.75) is 19.2 Å². The van der Waals surface area contributed by atoms with Gasteiger partial charge in [0.25, 0.3) is 0 Å². The van der Waals surface area contributed by atoms with Gasteiger partial charge >= 0.3 is 0 Å². The number of hydrogen-bond acceptors (Lipinski definition) is 3. The molecule has 0 aromatic rings. The molecular weight excluding hydrogens is 137 g/mol. The Morgan fingerprint density at radius 2 is 1.55 bits per heavy atom. The summed E-state index contributed by atoms with van der Waals surface area (Å²) in [7, 11) is 5.17. The lowest BCUT2D eigenvalue weighted by atomic mass is 9.85. The Kier molecular flexibility index (Phi) is 3.78. The van der Waals surface area contributed by atoms with Crippen LogP contribution in [0.4, 0.5) is 0 Å². The van der Waals surface area contributed by atoms with Crippen LogP contribution in [0.15, 0.2) is 0 Å². The molecule has 0 aliphatic carbocycles. The van der Waals surface area contributed by atoms with Gasteiger partial charge in [-0.15, -0.1) is 0 Å². The molecular formula is C7H6BN3. The minimum atomic E-state index is -1.49. The van der Waals surface area contributed by atoms with E-state index in [1.807, 2.05) is 0 Å². The van der Waals surface area contributed by atoms with Crippen LogP contribution in [0.1, 0.15) is 12.8 Å². The Labute approximate surface area is 67.3 Å². The number of rotatable bonds is 3. The highest BCUT2D eigenvalue weighted by Gasteiger charge is 2.28. The molecule has 0 spiro atoms. The van der Waals surface area contributed by atoms with Crippen LogP contribution in [0, 0.1) is 39.4 Å². The molecule has 0 aliphatic heterocycles. The zero-order chi connectivity index (χ0) is 8.74. The molecule has 0 N–H and O–H groups in total. The molecule has 3 nitrogen and oxygen atoms in total. The van der Waals surface area contributed by atoms with Crippen molar-refractivity contribution >= 4 is 7.85 Å². The number of hydrogen-bond donors (Lipinski definition) is 0. The van der Waals surface area contributed by atoms with E-state index in [9.17, 15) is 0 Å². The molecule has 2 radical (unpaired) electrons. The van der Waals surface area contributed by atoms with Crippen LogP contribution in [0.3, 0.4) is 0 Å². The second-order valence-corrected chi connectivity index (χ2v) is 2.13. The van der Waals surface area contributed by atoms with Crippen LogP contribution < -0.4 is 0 Å². The second kappa shape index (κ2) is 4.37. The summed E-state index contributed by atoms with van der Waals surface area (Å²) in [4.78, 5) is 0. The molecule has 0 aromatic heterocycles. The Bertz CT molecular complexity index is 204. The van der Waals surface area contributed by atoms with Crippen molar-refractivity contribution in [2.75, 3.05) is 0 Å². The van der Waals surface area contributed by atoms with Gasteiger partial charge in [0.1, 0.15) is 18.2 Å². The predicted octanol–water partition coefficient (Wildman–Crippen LogP) is 0.911. The molecule has 0 bridgehead atoms. The van der Waals surface area contributed by atoms with Gasteiger partial charge in [-0.2, -0.15) is 15.8 Å². The average Bonchev–Trinajstić information content (AvgIpc) is 2.08. The second-order valence-electron chi connectivity index (χ2n) is 2.13. The maximum Gasteiger partial charge on any atom is 0.228 e. The highest BCUT2D eigenvalue weighted by Crippen LogP contribution is 2.21. The summed E-state index contributed by atoms with van der Waals surface area (Å²) in [5.41, 5.74) is -1.49. The summed E-state index contributed by atoms with van der Waals surface area (Å²) < 4.78 is 0. The van der Waals surface area contributed by atoms with Crippen molar-refractivity contribution in [1.29, 1.82) is 15.8 Å². The molecule has 0 aromatic carbocycles. The molecule has 0 aliphatic rings. The fourth-order valence-electron chi connectivity index (χ4n) is 0.610. The van der Waals surface area contributed by atoms with E-state index in [4.69, 9.17) is 23.6 Å². The first-order chi connectivity index (χ1) is 5.24. The summed E-state index contributed by atoms with van der Waals surface area (Å²) in [6.45, 7) is 0.